The van der Waals surface area contributed by atoms with Crippen molar-refractivity contribution < 1.29 is 10.2 Å². The van der Waals surface area contributed by atoms with Crippen LogP contribution in [0.25, 0.3) is 68.6 Å². The van der Waals surface area contributed by atoms with Crippen molar-refractivity contribution in [3.05, 3.63) is 107 Å². The molecule has 0 aliphatic carbocycles. The minimum absolute atomic E-state index is 0.231. The van der Waals surface area contributed by atoms with E-state index in [1.54, 1.807) is 12.1 Å². The van der Waals surface area contributed by atoms with E-state index in [1.807, 2.05) is 24.3 Å². The van der Waals surface area contributed by atoms with E-state index in [9.17, 15) is 10.2 Å². The summed E-state index contributed by atoms with van der Waals surface area (Å²) in [5, 5.41) is 21.5. The third-order valence-corrected chi connectivity index (χ3v) is 13.3. The zero-order chi connectivity index (χ0) is 44.4. The summed E-state index contributed by atoms with van der Waals surface area (Å²) in [4.78, 5) is 18.5. The average molecular weight is 859 g/mol. The predicted octanol–water partition coefficient (Wildman–Crippen LogP) is 17.1. The molecule has 5 aromatic rings. The third-order valence-electron chi connectivity index (χ3n) is 13.3. The number of fused-ring (bicyclic) bond motifs is 8. The van der Waals surface area contributed by atoms with Gasteiger partial charge in [0.15, 0.2) is 0 Å². The van der Waals surface area contributed by atoms with Crippen molar-refractivity contribution in [2.75, 3.05) is 0 Å². The maximum Gasteiger partial charge on any atom is 0.116 e. The number of nitrogens with one attached hydrogen (secondary N) is 2. The molecular weight excluding hydrogens is 785 g/mol. The average Bonchev–Trinajstić information content (AvgIpc) is 4.15. The number of nitrogens with zero attached hydrogens (tertiary/aromatic N) is 2. The van der Waals surface area contributed by atoms with E-state index in [4.69, 9.17) is 9.97 Å². The van der Waals surface area contributed by atoms with Crippen molar-refractivity contribution in [1.82, 2.24) is 19.9 Å². The van der Waals surface area contributed by atoms with Crippen LogP contribution in [-0.4, -0.2) is 30.1 Å². The van der Waals surface area contributed by atoms with Crippen LogP contribution in [0.2, 0.25) is 0 Å². The molecule has 0 unspecified atom stereocenters. The molecule has 8 bridgehead atoms. The first-order chi connectivity index (χ1) is 31.5. The summed E-state index contributed by atoms with van der Waals surface area (Å²) in [6, 6.07) is 23.8. The molecule has 7 rings (SSSR count). The second-order valence-corrected chi connectivity index (χ2v) is 18.4. The highest BCUT2D eigenvalue weighted by atomic mass is 16.3. The van der Waals surface area contributed by atoms with Crippen LogP contribution in [-0.2, 0) is 12.8 Å². The molecule has 0 radical (unpaired) electrons. The lowest BCUT2D eigenvalue weighted by Crippen LogP contribution is -1.94. The number of hydrogen-bond donors (Lipinski definition) is 4. The van der Waals surface area contributed by atoms with Crippen molar-refractivity contribution in [2.24, 2.45) is 0 Å². The van der Waals surface area contributed by atoms with E-state index in [2.05, 4.69) is 84.5 Å². The summed E-state index contributed by atoms with van der Waals surface area (Å²) in [7, 11) is 0. The molecule has 3 aromatic heterocycles. The number of benzene rings is 2. The lowest BCUT2D eigenvalue weighted by atomic mass is 10.0. The number of phenols is 2. The van der Waals surface area contributed by atoms with E-state index in [0.29, 0.717) is 0 Å². The lowest BCUT2D eigenvalue weighted by molar-refractivity contribution is 0.475. The number of aromatic amines is 2. The van der Waals surface area contributed by atoms with Gasteiger partial charge in [-0.15, -0.1) is 0 Å². The Kier molecular flexibility index (Phi) is 17.9. The van der Waals surface area contributed by atoms with Crippen LogP contribution in [0.5, 0.6) is 11.5 Å². The van der Waals surface area contributed by atoms with Gasteiger partial charge in [0, 0.05) is 44.3 Å². The Morgan fingerprint density at radius 2 is 0.703 bits per heavy atom. The quantitative estimate of drug-likeness (QED) is 0.0408. The largest absolute Gasteiger partial charge is 0.508 e. The summed E-state index contributed by atoms with van der Waals surface area (Å²) < 4.78 is 0. The molecule has 5 heterocycles. The number of H-pyrrole nitrogens is 2. The molecule has 2 aromatic carbocycles. The molecule has 0 amide bonds. The normalized spacial score (nSPS) is 12.2. The minimum Gasteiger partial charge on any atom is -0.508 e. The van der Waals surface area contributed by atoms with Crippen molar-refractivity contribution in [3.8, 4) is 33.8 Å². The molecule has 4 N–H and O–H groups in total. The number of hydrogen-bond acceptors (Lipinski definition) is 4. The number of aromatic hydroxyl groups is 2. The number of phenolic OH excluding ortho intramolecular Hbond substituents is 2. The molecule has 2 aliphatic rings. The Balaban J connectivity index is 1.27. The van der Waals surface area contributed by atoms with Gasteiger partial charge in [0.25, 0.3) is 0 Å². The fourth-order valence-electron chi connectivity index (χ4n) is 9.71. The second-order valence-electron chi connectivity index (χ2n) is 18.4. The van der Waals surface area contributed by atoms with Gasteiger partial charge in [0.1, 0.15) is 11.5 Å². The number of aromatic nitrogens is 4. The zero-order valence-electron chi connectivity index (χ0n) is 39.0. The Morgan fingerprint density at radius 3 is 1.06 bits per heavy atom. The van der Waals surface area contributed by atoms with Crippen LogP contribution in [0.4, 0.5) is 0 Å². The van der Waals surface area contributed by atoms with Crippen LogP contribution in [0, 0.1) is 0 Å². The molecule has 0 saturated heterocycles. The molecular formula is C58H74N4O2. The predicted molar refractivity (Wildman–Crippen MR) is 273 cm³/mol. The Bertz CT molecular complexity index is 2310. The Labute approximate surface area is 383 Å². The van der Waals surface area contributed by atoms with Crippen LogP contribution in [0.3, 0.4) is 0 Å². The highest BCUT2D eigenvalue weighted by Crippen LogP contribution is 2.36. The molecule has 0 fully saturated rings. The topological polar surface area (TPSA) is 97.8 Å². The molecule has 6 nitrogen and oxygen atoms in total. The van der Waals surface area contributed by atoms with Gasteiger partial charge < -0.3 is 20.2 Å². The van der Waals surface area contributed by atoms with Crippen molar-refractivity contribution in [1.29, 1.82) is 0 Å². The van der Waals surface area contributed by atoms with Crippen molar-refractivity contribution >= 4 is 46.4 Å². The zero-order valence-corrected chi connectivity index (χ0v) is 39.0. The van der Waals surface area contributed by atoms with Crippen molar-refractivity contribution in [2.45, 2.75) is 168 Å². The first-order valence-corrected chi connectivity index (χ1v) is 25.2. The van der Waals surface area contributed by atoms with E-state index in [-0.39, 0.29) is 11.5 Å². The maximum atomic E-state index is 10.7. The van der Waals surface area contributed by atoms with Gasteiger partial charge in [-0.05, 0) is 110 Å². The molecule has 338 valence electrons. The molecule has 6 heteroatoms. The smallest absolute Gasteiger partial charge is 0.116 e. The summed E-state index contributed by atoms with van der Waals surface area (Å²) >= 11 is 0. The van der Waals surface area contributed by atoms with Crippen molar-refractivity contribution in [3.63, 3.8) is 0 Å². The van der Waals surface area contributed by atoms with Gasteiger partial charge in [-0.3, -0.25) is 0 Å². The van der Waals surface area contributed by atoms with Gasteiger partial charge >= 0.3 is 0 Å². The summed E-state index contributed by atoms with van der Waals surface area (Å²) in [6.45, 7) is 4.57. The number of aryl methyl sites for hydroxylation is 2. The fourth-order valence-corrected chi connectivity index (χ4v) is 9.71. The van der Waals surface area contributed by atoms with Crippen LogP contribution >= 0.6 is 0 Å². The SMILES string of the molecule is CCCCCCCCCCCCCc1c2nc(c(-c3cccc(O)c3)c3ccc([nH]3)c(CCCCCCCCCCCCC)c3nc(c(-c4cccc(O)c4)c4ccc1[nH]4)C=C3)C=C2. The van der Waals surface area contributed by atoms with Gasteiger partial charge in [0.2, 0.25) is 0 Å². The fraction of sp³-hybridized carbons (Fsp3) is 0.448. The van der Waals surface area contributed by atoms with Gasteiger partial charge in [0.05, 0.1) is 22.8 Å². The standard InChI is InChI=1S/C58H74N4O2/c1-3-5-7-9-11-13-15-17-19-21-23-31-47-49-33-37-53(59-49)57(43-27-25-29-45(63)41-43)55-39-35-51(61-55)48(32-24-22-20-18-16-14-12-10-8-6-4-2)52-36-40-56(62-52)58(54-38-34-50(47)60-54)44-28-26-30-46(64)42-44/h25-30,33-42,59,62-64H,3-24,31-32H2,1-2H3. The molecule has 0 atom stereocenters. The van der Waals surface area contributed by atoms with E-state index < -0.39 is 0 Å². The van der Waals surface area contributed by atoms with Crippen LogP contribution in [0.15, 0.2) is 72.8 Å². The molecule has 0 saturated carbocycles. The van der Waals surface area contributed by atoms with Gasteiger partial charge in [-0.25, -0.2) is 9.97 Å². The minimum atomic E-state index is 0.231. The molecule has 64 heavy (non-hydrogen) atoms. The first-order valence-electron chi connectivity index (χ1n) is 25.2. The van der Waals surface area contributed by atoms with E-state index in [1.165, 1.54) is 140 Å². The molecule has 2 aliphatic heterocycles. The maximum absolute atomic E-state index is 10.7. The van der Waals surface area contributed by atoms with Gasteiger partial charge in [-0.1, -0.05) is 167 Å². The summed E-state index contributed by atoms with van der Waals surface area (Å²) in [5.74, 6) is 0.462. The number of rotatable bonds is 26. The highest BCUT2D eigenvalue weighted by Gasteiger charge is 2.18. The van der Waals surface area contributed by atoms with Crippen LogP contribution in [0.1, 0.15) is 189 Å². The second kappa shape index (κ2) is 24.6. The third kappa shape index (κ3) is 12.9. The lowest BCUT2D eigenvalue weighted by Gasteiger charge is -2.07. The van der Waals surface area contributed by atoms with E-state index in [0.717, 1.165) is 92.8 Å². The monoisotopic (exact) mass is 859 g/mol. The first kappa shape index (κ1) is 46.6. The van der Waals surface area contributed by atoms with E-state index >= 15 is 0 Å². The van der Waals surface area contributed by atoms with Gasteiger partial charge in [-0.2, -0.15) is 0 Å². The highest BCUT2D eigenvalue weighted by molar-refractivity contribution is 5.94. The Hall–Kier alpha value is -5.36. The Morgan fingerprint density at radius 1 is 0.375 bits per heavy atom. The summed E-state index contributed by atoms with van der Waals surface area (Å²) in [6.07, 6.45) is 39.0. The number of unbranched alkanes of at least 4 members (excludes halogenated alkanes) is 20. The summed E-state index contributed by atoms with van der Waals surface area (Å²) in [5.41, 5.74) is 13.8. The molecule has 0 spiro atoms. The van der Waals surface area contributed by atoms with Crippen LogP contribution < -0.4 is 0 Å².